The lowest BCUT2D eigenvalue weighted by molar-refractivity contribution is 0.170. The van der Waals surface area contributed by atoms with E-state index in [1.54, 1.807) is 0 Å². The molecule has 5 heteroatoms. The highest BCUT2D eigenvalue weighted by atomic mass is 79.9. The van der Waals surface area contributed by atoms with E-state index in [4.69, 9.17) is 9.47 Å². The lowest BCUT2D eigenvalue weighted by Crippen LogP contribution is -2.27. The minimum absolute atomic E-state index is 0.620. The van der Waals surface area contributed by atoms with Gasteiger partial charge in [0.1, 0.15) is 13.2 Å². The van der Waals surface area contributed by atoms with Crippen molar-refractivity contribution in [3.63, 3.8) is 0 Å². The summed E-state index contributed by atoms with van der Waals surface area (Å²) in [5.74, 6) is 1.67. The quantitative estimate of drug-likeness (QED) is 0.725. The molecule has 0 spiro atoms. The molecule has 1 aliphatic heterocycles. The van der Waals surface area contributed by atoms with Gasteiger partial charge in [-0.15, -0.1) is 0 Å². The number of fused-ring (bicyclic) bond motifs is 1. The summed E-state index contributed by atoms with van der Waals surface area (Å²) in [7, 11) is 0. The molecule has 1 aromatic rings. The molecule has 0 aromatic heterocycles. The van der Waals surface area contributed by atoms with Crippen molar-refractivity contribution in [2.24, 2.45) is 0 Å². The Morgan fingerprint density at radius 3 is 2.71 bits per heavy atom. The topological polar surface area (TPSA) is 33.7 Å². The van der Waals surface area contributed by atoms with Crippen molar-refractivity contribution >= 4 is 15.9 Å². The SMILES string of the molecule is CCN(CC)CCCNCc1cc(Br)c2c(c1)OCCO2. The third-order valence-electron chi connectivity index (χ3n) is 3.71. The van der Waals surface area contributed by atoms with Gasteiger partial charge in [0.05, 0.1) is 4.47 Å². The minimum Gasteiger partial charge on any atom is -0.486 e. The largest absolute Gasteiger partial charge is 0.486 e. The van der Waals surface area contributed by atoms with Gasteiger partial charge >= 0.3 is 0 Å². The summed E-state index contributed by atoms with van der Waals surface area (Å²) in [5, 5.41) is 3.50. The number of rotatable bonds is 8. The second kappa shape index (κ2) is 8.61. The number of benzene rings is 1. The first-order chi connectivity index (χ1) is 10.2. The van der Waals surface area contributed by atoms with Crippen molar-refractivity contribution in [1.82, 2.24) is 10.2 Å². The van der Waals surface area contributed by atoms with Crippen LogP contribution in [0.5, 0.6) is 11.5 Å². The fraction of sp³-hybridized carbons (Fsp3) is 0.625. The molecule has 118 valence electrons. The molecule has 0 bridgehead atoms. The fourth-order valence-corrected chi connectivity index (χ4v) is 3.07. The van der Waals surface area contributed by atoms with Crippen molar-refractivity contribution in [2.75, 3.05) is 39.4 Å². The van der Waals surface area contributed by atoms with Crippen molar-refractivity contribution in [1.29, 1.82) is 0 Å². The summed E-state index contributed by atoms with van der Waals surface area (Å²) in [6.07, 6.45) is 1.17. The van der Waals surface area contributed by atoms with E-state index in [1.165, 1.54) is 12.0 Å². The van der Waals surface area contributed by atoms with Gasteiger partial charge in [-0.3, -0.25) is 0 Å². The predicted octanol–water partition coefficient (Wildman–Crippen LogP) is 3.04. The zero-order chi connectivity index (χ0) is 15.1. The molecule has 0 aliphatic carbocycles. The smallest absolute Gasteiger partial charge is 0.175 e. The van der Waals surface area contributed by atoms with E-state index in [1.807, 2.05) is 0 Å². The molecular formula is C16H25BrN2O2. The number of nitrogens with zero attached hydrogens (tertiary/aromatic N) is 1. The Balaban J connectivity index is 1.77. The number of ether oxygens (including phenoxy) is 2. The van der Waals surface area contributed by atoms with Crippen LogP contribution in [0.15, 0.2) is 16.6 Å². The Morgan fingerprint density at radius 1 is 1.19 bits per heavy atom. The summed E-state index contributed by atoms with van der Waals surface area (Å²) in [6.45, 7) is 11.0. The maximum absolute atomic E-state index is 5.64. The van der Waals surface area contributed by atoms with Crippen molar-refractivity contribution in [3.05, 3.63) is 22.2 Å². The van der Waals surface area contributed by atoms with Crippen LogP contribution < -0.4 is 14.8 Å². The van der Waals surface area contributed by atoms with Crippen LogP contribution in [-0.4, -0.2) is 44.3 Å². The second-order valence-electron chi connectivity index (χ2n) is 5.16. The van der Waals surface area contributed by atoms with Crippen molar-refractivity contribution in [2.45, 2.75) is 26.8 Å². The van der Waals surface area contributed by atoms with E-state index in [9.17, 15) is 0 Å². The maximum atomic E-state index is 5.64. The van der Waals surface area contributed by atoms with E-state index < -0.39 is 0 Å². The van der Waals surface area contributed by atoms with Gasteiger partial charge in [0.15, 0.2) is 11.5 Å². The van der Waals surface area contributed by atoms with Crippen molar-refractivity contribution in [3.8, 4) is 11.5 Å². The van der Waals surface area contributed by atoms with Crippen LogP contribution in [-0.2, 0) is 6.54 Å². The number of halogens is 1. The van der Waals surface area contributed by atoms with Gasteiger partial charge in [-0.25, -0.2) is 0 Å². The summed E-state index contributed by atoms with van der Waals surface area (Å²) in [5.41, 5.74) is 1.22. The van der Waals surface area contributed by atoms with E-state index in [2.05, 4.69) is 52.1 Å². The first-order valence-electron chi connectivity index (χ1n) is 7.75. The van der Waals surface area contributed by atoms with Crippen molar-refractivity contribution < 1.29 is 9.47 Å². The third kappa shape index (κ3) is 4.87. The molecule has 0 unspecified atom stereocenters. The lowest BCUT2D eigenvalue weighted by Gasteiger charge is -2.20. The molecule has 0 saturated heterocycles. The molecule has 2 rings (SSSR count). The zero-order valence-electron chi connectivity index (χ0n) is 13.0. The molecule has 4 nitrogen and oxygen atoms in total. The van der Waals surface area contributed by atoms with Gasteiger partial charge in [0.2, 0.25) is 0 Å². The first kappa shape index (κ1) is 16.6. The summed E-state index contributed by atoms with van der Waals surface area (Å²) >= 11 is 3.55. The Labute approximate surface area is 135 Å². The highest BCUT2D eigenvalue weighted by Crippen LogP contribution is 2.38. The molecule has 21 heavy (non-hydrogen) atoms. The average Bonchev–Trinajstić information content (AvgIpc) is 2.51. The fourth-order valence-electron chi connectivity index (χ4n) is 2.47. The van der Waals surface area contributed by atoms with Crippen LogP contribution in [0, 0.1) is 0 Å². The van der Waals surface area contributed by atoms with Gasteiger partial charge < -0.3 is 19.7 Å². The summed E-state index contributed by atoms with van der Waals surface area (Å²) in [4.78, 5) is 2.45. The lowest BCUT2D eigenvalue weighted by atomic mass is 10.2. The molecular weight excluding hydrogens is 332 g/mol. The maximum Gasteiger partial charge on any atom is 0.175 e. The minimum atomic E-state index is 0.620. The number of hydrogen-bond acceptors (Lipinski definition) is 4. The van der Waals surface area contributed by atoms with Crippen LogP contribution in [0.3, 0.4) is 0 Å². The van der Waals surface area contributed by atoms with Crippen LogP contribution in [0.4, 0.5) is 0 Å². The molecule has 1 aliphatic rings. The normalized spacial score (nSPS) is 13.7. The van der Waals surface area contributed by atoms with Crippen LogP contribution in [0.2, 0.25) is 0 Å². The Bertz CT molecular complexity index is 450. The van der Waals surface area contributed by atoms with Gasteiger partial charge in [-0.05, 0) is 66.2 Å². The Hall–Kier alpha value is -0.780. The number of nitrogens with one attached hydrogen (secondary N) is 1. The van der Waals surface area contributed by atoms with Gasteiger partial charge in [-0.2, -0.15) is 0 Å². The standard InChI is InChI=1S/C16H25BrN2O2/c1-3-19(4-2)7-5-6-18-12-13-10-14(17)16-15(11-13)20-8-9-21-16/h10-11,18H,3-9,12H2,1-2H3. The summed E-state index contributed by atoms with van der Waals surface area (Å²) < 4.78 is 12.2. The molecule has 1 heterocycles. The molecule has 0 saturated carbocycles. The highest BCUT2D eigenvalue weighted by Gasteiger charge is 2.16. The molecule has 0 radical (unpaired) electrons. The summed E-state index contributed by atoms with van der Waals surface area (Å²) in [6, 6.07) is 4.17. The van der Waals surface area contributed by atoms with Crippen LogP contribution in [0.1, 0.15) is 25.8 Å². The zero-order valence-corrected chi connectivity index (χ0v) is 14.5. The number of hydrogen-bond donors (Lipinski definition) is 1. The van der Waals surface area contributed by atoms with Crippen LogP contribution >= 0.6 is 15.9 Å². The van der Waals surface area contributed by atoms with Gasteiger partial charge in [0.25, 0.3) is 0 Å². The van der Waals surface area contributed by atoms with E-state index in [-0.39, 0.29) is 0 Å². The van der Waals surface area contributed by atoms with E-state index in [0.717, 1.165) is 48.7 Å². The van der Waals surface area contributed by atoms with E-state index >= 15 is 0 Å². The third-order valence-corrected chi connectivity index (χ3v) is 4.30. The van der Waals surface area contributed by atoms with Crippen LogP contribution in [0.25, 0.3) is 0 Å². The second-order valence-corrected chi connectivity index (χ2v) is 6.01. The Kier molecular flexibility index (Phi) is 6.80. The van der Waals surface area contributed by atoms with Gasteiger partial charge in [0, 0.05) is 6.54 Å². The molecule has 1 N–H and O–H groups in total. The van der Waals surface area contributed by atoms with E-state index in [0.29, 0.717) is 13.2 Å². The highest BCUT2D eigenvalue weighted by molar-refractivity contribution is 9.10. The Morgan fingerprint density at radius 2 is 1.95 bits per heavy atom. The predicted molar refractivity (Wildman–Crippen MR) is 89.2 cm³/mol. The molecule has 0 amide bonds. The monoisotopic (exact) mass is 356 g/mol. The molecule has 0 atom stereocenters. The first-order valence-corrected chi connectivity index (χ1v) is 8.55. The molecule has 1 aromatic carbocycles. The van der Waals surface area contributed by atoms with Gasteiger partial charge in [-0.1, -0.05) is 13.8 Å². The average molecular weight is 357 g/mol. The molecule has 0 fully saturated rings.